The number of ether oxygens (including phenoxy) is 2. The van der Waals surface area contributed by atoms with E-state index in [1.165, 1.54) is 11.3 Å². The molecule has 1 aliphatic rings. The van der Waals surface area contributed by atoms with Crippen LogP contribution in [0.25, 0.3) is 11.8 Å². The maximum absolute atomic E-state index is 13.7. The Morgan fingerprint density at radius 2 is 1.94 bits per heavy atom. The third-order valence-corrected chi connectivity index (χ3v) is 7.40. The Morgan fingerprint density at radius 3 is 2.66 bits per heavy atom. The van der Waals surface area contributed by atoms with Crippen molar-refractivity contribution in [2.24, 2.45) is 4.99 Å². The molecule has 0 saturated carbocycles. The summed E-state index contributed by atoms with van der Waals surface area (Å²) in [4.78, 5) is 33.5. The van der Waals surface area contributed by atoms with Gasteiger partial charge in [0.15, 0.2) is 4.80 Å². The summed E-state index contributed by atoms with van der Waals surface area (Å²) in [6.07, 6.45) is 1.87. The molecule has 0 aliphatic carbocycles. The first-order valence-electron chi connectivity index (χ1n) is 11.1. The monoisotopic (exact) mass is 502 g/mol. The largest absolute Gasteiger partial charge is 0.497 e. The second-order valence-electron chi connectivity index (χ2n) is 7.72. The number of methoxy groups -OCH3 is 1. The lowest BCUT2D eigenvalue weighted by Gasteiger charge is -2.26. The summed E-state index contributed by atoms with van der Waals surface area (Å²) in [5.41, 5.74) is 2.13. The number of aromatic nitrogens is 1. The number of benzene rings is 2. The SMILES string of the molecule is CCOC(=O)C1=C(c2ccccc2)N=c2s/c(=C/c3cccs3)c(=O)n2[C@H]1c1cccc(OC)c1. The van der Waals surface area contributed by atoms with E-state index >= 15 is 0 Å². The molecule has 2 aromatic heterocycles. The summed E-state index contributed by atoms with van der Waals surface area (Å²) in [6, 6.07) is 20.1. The van der Waals surface area contributed by atoms with Crippen molar-refractivity contribution in [1.82, 2.24) is 4.57 Å². The minimum Gasteiger partial charge on any atom is -0.497 e. The molecule has 0 saturated heterocycles. The topological polar surface area (TPSA) is 69.9 Å². The van der Waals surface area contributed by atoms with E-state index in [0.717, 1.165) is 16.0 Å². The van der Waals surface area contributed by atoms with Gasteiger partial charge < -0.3 is 9.47 Å². The molecule has 0 spiro atoms. The second kappa shape index (κ2) is 9.85. The molecule has 176 valence electrons. The Bertz CT molecular complexity index is 1580. The summed E-state index contributed by atoms with van der Waals surface area (Å²) < 4.78 is 13.1. The smallest absolute Gasteiger partial charge is 0.338 e. The normalized spacial score (nSPS) is 15.5. The molecule has 0 fully saturated rings. The maximum atomic E-state index is 13.7. The highest BCUT2D eigenvalue weighted by Gasteiger charge is 2.35. The predicted molar refractivity (Wildman–Crippen MR) is 138 cm³/mol. The minimum absolute atomic E-state index is 0.205. The highest BCUT2D eigenvalue weighted by Crippen LogP contribution is 2.36. The van der Waals surface area contributed by atoms with Crippen molar-refractivity contribution in [3.8, 4) is 5.75 Å². The molecule has 4 aromatic rings. The van der Waals surface area contributed by atoms with Crippen LogP contribution in [0.1, 0.15) is 29.0 Å². The number of nitrogens with zero attached hydrogens (tertiary/aromatic N) is 2. The lowest BCUT2D eigenvalue weighted by molar-refractivity contribution is -0.138. The van der Waals surface area contributed by atoms with E-state index in [9.17, 15) is 9.59 Å². The van der Waals surface area contributed by atoms with Crippen LogP contribution in [0, 0.1) is 0 Å². The van der Waals surface area contributed by atoms with Gasteiger partial charge in [-0.15, -0.1) is 11.3 Å². The van der Waals surface area contributed by atoms with Gasteiger partial charge in [0, 0.05) is 10.4 Å². The summed E-state index contributed by atoms with van der Waals surface area (Å²) >= 11 is 2.87. The van der Waals surface area contributed by atoms with Gasteiger partial charge in [-0.05, 0) is 42.1 Å². The number of fused-ring (bicyclic) bond motifs is 1. The molecule has 0 N–H and O–H groups in total. The lowest BCUT2D eigenvalue weighted by atomic mass is 9.93. The van der Waals surface area contributed by atoms with Gasteiger partial charge in [-0.25, -0.2) is 9.79 Å². The number of carbonyl (C=O) groups is 1. The van der Waals surface area contributed by atoms with Gasteiger partial charge in [0.2, 0.25) is 0 Å². The standard InChI is InChI=1S/C27H22N2O4S2/c1-3-33-26(31)22-23(17-9-5-4-6-10-17)28-27-29(24(22)18-11-7-12-19(15-18)32-2)25(30)21(35-27)16-20-13-8-14-34-20/h4-16,24H,3H2,1-2H3/b21-16+/t24-/m0/s1. The molecule has 1 aliphatic heterocycles. The highest BCUT2D eigenvalue weighted by atomic mass is 32.1. The van der Waals surface area contributed by atoms with Gasteiger partial charge in [-0.2, -0.15) is 0 Å². The molecule has 2 aromatic carbocycles. The van der Waals surface area contributed by atoms with E-state index in [0.29, 0.717) is 26.4 Å². The Balaban J connectivity index is 1.85. The van der Waals surface area contributed by atoms with Crippen LogP contribution in [0.15, 0.2) is 87.5 Å². The van der Waals surface area contributed by atoms with E-state index in [-0.39, 0.29) is 12.2 Å². The maximum Gasteiger partial charge on any atom is 0.338 e. The third kappa shape index (κ3) is 4.38. The van der Waals surface area contributed by atoms with Gasteiger partial charge >= 0.3 is 5.97 Å². The first-order chi connectivity index (χ1) is 17.1. The van der Waals surface area contributed by atoms with Gasteiger partial charge in [-0.1, -0.05) is 59.9 Å². The van der Waals surface area contributed by atoms with Crippen LogP contribution < -0.4 is 19.6 Å². The molecule has 1 atom stereocenters. The van der Waals surface area contributed by atoms with Gasteiger partial charge in [0.05, 0.1) is 35.6 Å². The fourth-order valence-electron chi connectivity index (χ4n) is 4.07. The van der Waals surface area contributed by atoms with Crippen molar-refractivity contribution in [3.63, 3.8) is 0 Å². The van der Waals surface area contributed by atoms with E-state index in [1.807, 2.05) is 78.2 Å². The average Bonchev–Trinajstić information content (AvgIpc) is 3.51. The molecular weight excluding hydrogens is 480 g/mol. The molecule has 8 heteroatoms. The van der Waals surface area contributed by atoms with Crippen LogP contribution in [0.2, 0.25) is 0 Å². The summed E-state index contributed by atoms with van der Waals surface area (Å²) in [6.45, 7) is 1.97. The first-order valence-corrected chi connectivity index (χ1v) is 12.8. The number of hydrogen-bond donors (Lipinski definition) is 0. The molecule has 3 heterocycles. The van der Waals surface area contributed by atoms with Crippen molar-refractivity contribution in [2.75, 3.05) is 13.7 Å². The zero-order chi connectivity index (χ0) is 24.4. The zero-order valence-corrected chi connectivity index (χ0v) is 20.8. The van der Waals surface area contributed by atoms with Crippen molar-refractivity contribution >= 4 is 40.4 Å². The number of rotatable bonds is 6. The van der Waals surface area contributed by atoms with Crippen molar-refractivity contribution in [3.05, 3.63) is 113 Å². The molecule has 0 radical (unpaired) electrons. The highest BCUT2D eigenvalue weighted by molar-refractivity contribution is 7.11. The van der Waals surface area contributed by atoms with Crippen LogP contribution in [-0.2, 0) is 9.53 Å². The summed E-state index contributed by atoms with van der Waals surface area (Å²) in [7, 11) is 1.59. The fraction of sp³-hybridized carbons (Fsp3) is 0.148. The van der Waals surface area contributed by atoms with E-state index < -0.39 is 12.0 Å². The number of esters is 1. The first kappa shape index (κ1) is 23.0. The predicted octanol–water partition coefficient (Wildman–Crippen LogP) is 4.01. The van der Waals surface area contributed by atoms with Crippen molar-refractivity contribution in [1.29, 1.82) is 0 Å². The van der Waals surface area contributed by atoms with E-state index in [4.69, 9.17) is 14.5 Å². The van der Waals surface area contributed by atoms with E-state index in [1.54, 1.807) is 29.9 Å². The number of carbonyl (C=O) groups excluding carboxylic acids is 1. The Morgan fingerprint density at radius 1 is 1.11 bits per heavy atom. The fourth-order valence-corrected chi connectivity index (χ4v) is 5.79. The molecular formula is C27H22N2O4S2. The van der Waals surface area contributed by atoms with Crippen LogP contribution in [0.5, 0.6) is 5.75 Å². The minimum atomic E-state index is -0.721. The van der Waals surface area contributed by atoms with E-state index in [2.05, 4.69) is 0 Å². The molecule has 5 rings (SSSR count). The average molecular weight is 503 g/mol. The Labute approximate surface area is 209 Å². The molecule has 35 heavy (non-hydrogen) atoms. The lowest BCUT2D eigenvalue weighted by Crippen LogP contribution is -2.40. The second-order valence-corrected chi connectivity index (χ2v) is 9.71. The molecule has 0 bridgehead atoms. The van der Waals surface area contributed by atoms with Crippen LogP contribution >= 0.6 is 22.7 Å². The number of thiophene rings is 1. The Kier molecular flexibility index (Phi) is 6.48. The van der Waals surface area contributed by atoms with Gasteiger partial charge in [0.25, 0.3) is 5.56 Å². The van der Waals surface area contributed by atoms with Crippen LogP contribution in [0.3, 0.4) is 0 Å². The third-order valence-electron chi connectivity index (χ3n) is 5.60. The van der Waals surface area contributed by atoms with Gasteiger partial charge in [0.1, 0.15) is 5.75 Å². The van der Waals surface area contributed by atoms with Crippen molar-refractivity contribution in [2.45, 2.75) is 13.0 Å². The van der Waals surface area contributed by atoms with Gasteiger partial charge in [-0.3, -0.25) is 9.36 Å². The number of thiazole rings is 1. The number of hydrogen-bond acceptors (Lipinski definition) is 7. The van der Waals surface area contributed by atoms with Crippen LogP contribution in [0.4, 0.5) is 0 Å². The quantitative estimate of drug-likeness (QED) is 0.374. The Hall–Kier alpha value is -3.75. The van der Waals surface area contributed by atoms with Crippen LogP contribution in [-0.4, -0.2) is 24.3 Å². The zero-order valence-electron chi connectivity index (χ0n) is 19.1. The summed E-state index contributed by atoms with van der Waals surface area (Å²) in [5.74, 6) is 0.125. The van der Waals surface area contributed by atoms with Crippen molar-refractivity contribution < 1.29 is 14.3 Å². The molecule has 0 amide bonds. The summed E-state index contributed by atoms with van der Waals surface area (Å²) in [5, 5.41) is 1.97. The molecule has 0 unspecified atom stereocenters. The molecule has 6 nitrogen and oxygen atoms in total.